The van der Waals surface area contributed by atoms with Crippen molar-refractivity contribution < 1.29 is 13.3 Å². The van der Waals surface area contributed by atoms with Crippen LogP contribution in [0.5, 0.6) is 0 Å². The van der Waals surface area contributed by atoms with Crippen molar-refractivity contribution in [3.8, 4) is 0 Å². The molecule has 1 aliphatic carbocycles. The Morgan fingerprint density at radius 1 is 0.857 bits per heavy atom. The van der Waals surface area contributed by atoms with E-state index < -0.39 is 8.80 Å². The largest absolute Gasteiger partial charge is 0.503 e. The Kier molecular flexibility index (Phi) is 6.89. The highest BCUT2D eigenvalue weighted by Gasteiger charge is 2.47. The molecule has 0 unspecified atom stereocenters. The summed E-state index contributed by atoms with van der Waals surface area (Å²) in [7, 11) is 2.79. The predicted molar refractivity (Wildman–Crippen MR) is 65.0 cm³/mol. The standard InChI is InChI=1S/C9H20O3Si.H4Si/c1-10-13(11-2,12-3)9-7-5-4-6-8-9;/h9H,4-8H2,1-3H3;1H4. The molecule has 0 bridgehead atoms. The highest BCUT2D eigenvalue weighted by Crippen LogP contribution is 2.37. The van der Waals surface area contributed by atoms with E-state index in [-0.39, 0.29) is 11.0 Å². The second-order valence-electron chi connectivity index (χ2n) is 3.55. The molecular formula is C9H24O3Si2. The van der Waals surface area contributed by atoms with Crippen LogP contribution in [0.2, 0.25) is 5.54 Å². The first-order valence-corrected chi connectivity index (χ1v) is 6.74. The molecule has 0 heterocycles. The zero-order valence-electron chi connectivity index (χ0n) is 8.84. The van der Waals surface area contributed by atoms with Crippen LogP contribution in [0, 0.1) is 0 Å². The Labute approximate surface area is 92.5 Å². The lowest BCUT2D eigenvalue weighted by atomic mass is 10.0. The zero-order chi connectivity index (χ0) is 9.73. The van der Waals surface area contributed by atoms with E-state index in [1.165, 1.54) is 32.1 Å². The third-order valence-electron chi connectivity index (χ3n) is 2.96. The molecule has 5 heteroatoms. The van der Waals surface area contributed by atoms with E-state index in [4.69, 9.17) is 13.3 Å². The molecule has 0 saturated heterocycles. The van der Waals surface area contributed by atoms with Gasteiger partial charge in [0.1, 0.15) is 0 Å². The summed E-state index contributed by atoms with van der Waals surface area (Å²) in [5.41, 5.74) is 0.515. The first-order valence-electron chi connectivity index (χ1n) is 4.94. The van der Waals surface area contributed by atoms with E-state index in [0.29, 0.717) is 5.54 Å². The third-order valence-corrected chi connectivity index (χ3v) is 6.24. The molecule has 14 heavy (non-hydrogen) atoms. The second-order valence-corrected chi connectivity index (χ2v) is 6.80. The first kappa shape index (κ1) is 14.3. The summed E-state index contributed by atoms with van der Waals surface area (Å²) in [4.78, 5) is 0. The quantitative estimate of drug-likeness (QED) is 0.674. The summed E-state index contributed by atoms with van der Waals surface area (Å²) in [6.45, 7) is 0. The minimum atomic E-state index is -2.32. The van der Waals surface area contributed by atoms with Gasteiger partial charge in [-0.2, -0.15) is 0 Å². The lowest BCUT2D eigenvalue weighted by Gasteiger charge is -2.34. The Bertz CT molecular complexity index is 137. The second kappa shape index (κ2) is 6.73. The van der Waals surface area contributed by atoms with Gasteiger partial charge in [0.25, 0.3) is 0 Å². The van der Waals surface area contributed by atoms with Gasteiger partial charge in [-0.25, -0.2) is 0 Å². The van der Waals surface area contributed by atoms with E-state index in [0.717, 1.165) is 0 Å². The molecule has 0 aromatic rings. The van der Waals surface area contributed by atoms with Crippen LogP contribution in [0.4, 0.5) is 0 Å². The van der Waals surface area contributed by atoms with Crippen LogP contribution < -0.4 is 0 Å². The summed E-state index contributed by atoms with van der Waals surface area (Å²) in [5.74, 6) is 0. The fourth-order valence-electron chi connectivity index (χ4n) is 2.21. The average molecular weight is 236 g/mol. The Morgan fingerprint density at radius 3 is 1.64 bits per heavy atom. The van der Waals surface area contributed by atoms with E-state index >= 15 is 0 Å². The Morgan fingerprint density at radius 2 is 1.29 bits per heavy atom. The van der Waals surface area contributed by atoms with Gasteiger partial charge in [0.2, 0.25) is 0 Å². The van der Waals surface area contributed by atoms with Gasteiger partial charge in [0, 0.05) is 26.9 Å². The number of hydrogen-bond donors (Lipinski definition) is 0. The molecule has 1 fully saturated rings. The smallest absolute Gasteiger partial charge is 0.377 e. The van der Waals surface area contributed by atoms with Crippen LogP contribution in [-0.4, -0.2) is 41.1 Å². The summed E-state index contributed by atoms with van der Waals surface area (Å²) >= 11 is 0. The fraction of sp³-hybridized carbons (Fsp3) is 1.00. The summed E-state index contributed by atoms with van der Waals surface area (Å²) in [6.07, 6.45) is 6.31. The molecule has 0 aromatic heterocycles. The minimum absolute atomic E-state index is 0. The lowest BCUT2D eigenvalue weighted by molar-refractivity contribution is 0.104. The lowest BCUT2D eigenvalue weighted by Crippen LogP contribution is -2.48. The molecule has 0 aromatic carbocycles. The molecule has 0 aliphatic heterocycles. The molecule has 1 aliphatic rings. The first-order chi connectivity index (χ1) is 6.29. The van der Waals surface area contributed by atoms with Crippen molar-refractivity contribution in [1.29, 1.82) is 0 Å². The average Bonchev–Trinajstić information content (AvgIpc) is 2.23. The molecule has 0 N–H and O–H groups in total. The minimum Gasteiger partial charge on any atom is -0.377 e. The van der Waals surface area contributed by atoms with Gasteiger partial charge in [-0.3, -0.25) is 0 Å². The summed E-state index contributed by atoms with van der Waals surface area (Å²) in [6, 6.07) is 0. The van der Waals surface area contributed by atoms with Crippen LogP contribution in [0.15, 0.2) is 0 Å². The Hall–Kier alpha value is 0.314. The molecule has 0 amide bonds. The maximum absolute atomic E-state index is 5.47. The fourth-order valence-corrected chi connectivity index (χ4v) is 4.82. The van der Waals surface area contributed by atoms with Crippen molar-refractivity contribution in [2.75, 3.05) is 21.3 Å². The molecule has 0 atom stereocenters. The molecule has 1 rings (SSSR count). The van der Waals surface area contributed by atoms with Crippen LogP contribution in [0.1, 0.15) is 32.1 Å². The number of hydrogen-bond acceptors (Lipinski definition) is 3. The predicted octanol–water partition coefficient (Wildman–Crippen LogP) is 0.747. The van der Waals surface area contributed by atoms with E-state index in [9.17, 15) is 0 Å². The molecule has 3 nitrogen and oxygen atoms in total. The van der Waals surface area contributed by atoms with Gasteiger partial charge < -0.3 is 13.3 Å². The monoisotopic (exact) mass is 236 g/mol. The van der Waals surface area contributed by atoms with Crippen molar-refractivity contribution in [3.63, 3.8) is 0 Å². The van der Waals surface area contributed by atoms with E-state index in [1.807, 2.05) is 0 Å². The Balaban J connectivity index is 0.00000169. The topological polar surface area (TPSA) is 27.7 Å². The molecule has 1 saturated carbocycles. The van der Waals surface area contributed by atoms with Gasteiger partial charge in [-0.05, 0) is 23.8 Å². The number of rotatable bonds is 4. The normalized spacial score (nSPS) is 19.1. The highest BCUT2D eigenvalue weighted by molar-refractivity contribution is 6.62. The van der Waals surface area contributed by atoms with Crippen LogP contribution in [0.3, 0.4) is 0 Å². The highest BCUT2D eigenvalue weighted by atomic mass is 28.4. The van der Waals surface area contributed by atoms with Crippen molar-refractivity contribution in [3.05, 3.63) is 0 Å². The van der Waals surface area contributed by atoms with Crippen LogP contribution in [0.25, 0.3) is 0 Å². The molecule has 0 radical (unpaired) electrons. The molecule has 86 valence electrons. The van der Waals surface area contributed by atoms with Gasteiger partial charge in [0.05, 0.1) is 0 Å². The third kappa shape index (κ3) is 2.90. The van der Waals surface area contributed by atoms with Crippen molar-refractivity contribution in [2.24, 2.45) is 0 Å². The maximum Gasteiger partial charge on any atom is 0.503 e. The zero-order valence-corrected chi connectivity index (χ0v) is 9.84. The van der Waals surface area contributed by atoms with Gasteiger partial charge in [0.15, 0.2) is 0 Å². The van der Waals surface area contributed by atoms with Gasteiger partial charge >= 0.3 is 8.80 Å². The molecule has 0 spiro atoms. The SMILES string of the molecule is CO[Si](OC)(OC)C1CCCCC1.[SiH4]. The van der Waals surface area contributed by atoms with Gasteiger partial charge in [-0.15, -0.1) is 0 Å². The summed E-state index contributed by atoms with van der Waals surface area (Å²) < 4.78 is 16.4. The van der Waals surface area contributed by atoms with Crippen LogP contribution >= 0.6 is 0 Å². The van der Waals surface area contributed by atoms with E-state index in [1.54, 1.807) is 21.3 Å². The van der Waals surface area contributed by atoms with E-state index in [2.05, 4.69) is 0 Å². The molecular weight excluding hydrogens is 212 g/mol. The maximum atomic E-state index is 5.47. The summed E-state index contributed by atoms with van der Waals surface area (Å²) in [5, 5.41) is 0. The van der Waals surface area contributed by atoms with Crippen molar-refractivity contribution in [2.45, 2.75) is 37.6 Å². The van der Waals surface area contributed by atoms with Gasteiger partial charge in [-0.1, -0.05) is 19.3 Å². The van der Waals surface area contributed by atoms with Crippen molar-refractivity contribution >= 4 is 19.8 Å². The van der Waals surface area contributed by atoms with Crippen LogP contribution in [-0.2, 0) is 13.3 Å². The van der Waals surface area contributed by atoms with Crippen molar-refractivity contribution in [1.82, 2.24) is 0 Å².